The van der Waals surface area contributed by atoms with Crippen LogP contribution >= 0.6 is 0 Å². The van der Waals surface area contributed by atoms with Gasteiger partial charge in [-0.2, -0.15) is 0 Å². The number of pyridine rings is 2. The number of carbonyl (C=O) groups excluding carboxylic acids is 1. The highest BCUT2D eigenvalue weighted by Crippen LogP contribution is 2.26. The summed E-state index contributed by atoms with van der Waals surface area (Å²) in [6, 6.07) is 3.43. The summed E-state index contributed by atoms with van der Waals surface area (Å²) in [7, 11) is 0. The zero-order valence-electron chi connectivity index (χ0n) is 18.2. The van der Waals surface area contributed by atoms with E-state index in [1.807, 2.05) is 0 Å². The number of nitrogens with zero attached hydrogens (tertiary/aromatic N) is 3. The summed E-state index contributed by atoms with van der Waals surface area (Å²) in [5.74, 6) is -0.123. The van der Waals surface area contributed by atoms with Crippen LogP contribution in [0.5, 0.6) is 5.75 Å². The van der Waals surface area contributed by atoms with Crippen molar-refractivity contribution in [3.63, 3.8) is 0 Å². The Morgan fingerprint density at radius 1 is 1.23 bits per heavy atom. The van der Waals surface area contributed by atoms with Crippen LogP contribution in [0.2, 0.25) is 0 Å². The van der Waals surface area contributed by atoms with Gasteiger partial charge < -0.3 is 15.2 Å². The van der Waals surface area contributed by atoms with Gasteiger partial charge in [0.15, 0.2) is 0 Å². The average molecular weight is 429 g/mol. The first-order valence-electron chi connectivity index (χ1n) is 11.4. The predicted molar refractivity (Wildman–Crippen MR) is 118 cm³/mol. The SMILES string of the molecule is C[C@H]1CCCC(NC(=O)c2c(O)c3cccnc3n(CCN3CCOCC3)c2=O)CC1. The zero-order valence-corrected chi connectivity index (χ0v) is 18.2. The van der Waals surface area contributed by atoms with Gasteiger partial charge in [0.1, 0.15) is 17.0 Å². The molecule has 8 heteroatoms. The second-order valence-corrected chi connectivity index (χ2v) is 8.79. The molecule has 1 amide bonds. The molecule has 1 saturated heterocycles. The van der Waals surface area contributed by atoms with Gasteiger partial charge in [-0.3, -0.25) is 19.1 Å². The number of morpholine rings is 1. The Kier molecular flexibility index (Phi) is 6.87. The maximum atomic E-state index is 13.3. The van der Waals surface area contributed by atoms with Crippen LogP contribution in [0.15, 0.2) is 23.1 Å². The van der Waals surface area contributed by atoms with E-state index >= 15 is 0 Å². The number of carbonyl (C=O) groups is 1. The number of hydrogen-bond acceptors (Lipinski definition) is 6. The van der Waals surface area contributed by atoms with Crippen LogP contribution in [0.1, 0.15) is 49.4 Å². The summed E-state index contributed by atoms with van der Waals surface area (Å²) in [5, 5.41) is 14.3. The number of rotatable bonds is 5. The van der Waals surface area contributed by atoms with Crippen LogP contribution in [0.3, 0.4) is 0 Å². The summed E-state index contributed by atoms with van der Waals surface area (Å²) >= 11 is 0. The molecule has 1 aliphatic carbocycles. The molecule has 8 nitrogen and oxygen atoms in total. The van der Waals surface area contributed by atoms with E-state index < -0.39 is 11.5 Å². The van der Waals surface area contributed by atoms with Gasteiger partial charge >= 0.3 is 0 Å². The Morgan fingerprint density at radius 3 is 2.84 bits per heavy atom. The summed E-state index contributed by atoms with van der Waals surface area (Å²) in [6.07, 6.45) is 6.67. The van der Waals surface area contributed by atoms with Gasteiger partial charge in [0.2, 0.25) is 0 Å². The number of amides is 1. The molecule has 0 radical (unpaired) electrons. The minimum Gasteiger partial charge on any atom is -0.506 e. The fourth-order valence-corrected chi connectivity index (χ4v) is 4.63. The van der Waals surface area contributed by atoms with Crippen LogP contribution in [-0.4, -0.2) is 64.4 Å². The Balaban J connectivity index is 1.63. The molecule has 2 aromatic rings. The Morgan fingerprint density at radius 2 is 2.03 bits per heavy atom. The topological polar surface area (TPSA) is 96.7 Å². The molecule has 4 rings (SSSR count). The van der Waals surface area contributed by atoms with Crippen LogP contribution in [0.25, 0.3) is 11.0 Å². The van der Waals surface area contributed by atoms with E-state index in [-0.39, 0.29) is 17.4 Å². The van der Waals surface area contributed by atoms with Gasteiger partial charge in [-0.15, -0.1) is 0 Å². The number of nitrogens with one attached hydrogen (secondary N) is 1. The minimum atomic E-state index is -0.493. The summed E-state index contributed by atoms with van der Waals surface area (Å²) < 4.78 is 6.91. The van der Waals surface area contributed by atoms with E-state index in [4.69, 9.17) is 4.74 Å². The van der Waals surface area contributed by atoms with Crippen molar-refractivity contribution < 1.29 is 14.6 Å². The van der Waals surface area contributed by atoms with E-state index in [2.05, 4.69) is 22.1 Å². The van der Waals surface area contributed by atoms with Crippen molar-refractivity contribution in [2.75, 3.05) is 32.8 Å². The normalized spacial score (nSPS) is 22.9. The van der Waals surface area contributed by atoms with Crippen LogP contribution in [0, 0.1) is 5.92 Å². The second-order valence-electron chi connectivity index (χ2n) is 8.79. The molecule has 3 heterocycles. The minimum absolute atomic E-state index is 0.0302. The lowest BCUT2D eigenvalue weighted by Gasteiger charge is -2.27. The largest absolute Gasteiger partial charge is 0.506 e. The molecule has 2 N–H and O–H groups in total. The standard InChI is InChI=1S/C23H32N4O4/c1-16-4-2-5-17(8-7-16)25-22(29)19-20(28)18-6-3-9-24-21(18)27(23(19)30)11-10-26-12-14-31-15-13-26/h3,6,9,16-17,28H,2,4-5,7-8,10-15H2,1H3,(H,25,29)/t16-,17?/m0/s1. The van der Waals surface area contributed by atoms with Crippen molar-refractivity contribution in [1.29, 1.82) is 0 Å². The molecule has 31 heavy (non-hydrogen) atoms. The van der Waals surface area contributed by atoms with Gasteiger partial charge in [-0.1, -0.05) is 19.8 Å². The lowest BCUT2D eigenvalue weighted by molar-refractivity contribution is 0.0364. The van der Waals surface area contributed by atoms with Crippen LogP contribution < -0.4 is 10.9 Å². The Hall–Kier alpha value is -2.45. The molecule has 0 bridgehead atoms. The van der Waals surface area contributed by atoms with Crippen molar-refractivity contribution in [1.82, 2.24) is 19.8 Å². The molecule has 168 valence electrons. The average Bonchev–Trinajstić information content (AvgIpc) is 2.98. The maximum Gasteiger partial charge on any atom is 0.268 e. The van der Waals surface area contributed by atoms with Crippen molar-refractivity contribution in [2.24, 2.45) is 5.92 Å². The first-order chi connectivity index (χ1) is 15.0. The highest BCUT2D eigenvalue weighted by molar-refractivity contribution is 6.01. The third-order valence-corrected chi connectivity index (χ3v) is 6.56. The monoisotopic (exact) mass is 428 g/mol. The lowest BCUT2D eigenvalue weighted by Crippen LogP contribution is -2.41. The Bertz CT molecular complexity index is 983. The highest BCUT2D eigenvalue weighted by Gasteiger charge is 2.26. The third-order valence-electron chi connectivity index (χ3n) is 6.56. The molecule has 1 aliphatic heterocycles. The lowest BCUT2D eigenvalue weighted by atomic mass is 10.0. The smallest absolute Gasteiger partial charge is 0.268 e. The molecule has 0 aromatic carbocycles. The first kappa shape index (κ1) is 21.8. The van der Waals surface area contributed by atoms with E-state index in [9.17, 15) is 14.7 Å². The third kappa shape index (κ3) is 4.91. The maximum absolute atomic E-state index is 13.3. The molecule has 2 atom stereocenters. The molecule has 1 saturated carbocycles. The summed E-state index contributed by atoms with van der Waals surface area (Å²) in [6.45, 7) is 6.26. The first-order valence-corrected chi connectivity index (χ1v) is 11.4. The number of fused-ring (bicyclic) bond motifs is 1. The van der Waals surface area contributed by atoms with E-state index in [0.717, 1.165) is 45.2 Å². The zero-order chi connectivity index (χ0) is 21.8. The fraction of sp³-hybridized carbons (Fsp3) is 0.609. The highest BCUT2D eigenvalue weighted by atomic mass is 16.5. The summed E-state index contributed by atoms with van der Waals surface area (Å²) in [4.78, 5) is 33.0. The van der Waals surface area contributed by atoms with Crippen LogP contribution in [0.4, 0.5) is 0 Å². The molecule has 0 spiro atoms. The van der Waals surface area contributed by atoms with Crippen LogP contribution in [-0.2, 0) is 11.3 Å². The number of ether oxygens (including phenoxy) is 1. The van der Waals surface area contributed by atoms with Gasteiger partial charge in [-0.05, 0) is 37.3 Å². The van der Waals surface area contributed by atoms with Gasteiger partial charge in [0, 0.05) is 38.4 Å². The molecule has 2 aromatic heterocycles. The van der Waals surface area contributed by atoms with Crippen molar-refractivity contribution in [3.8, 4) is 5.75 Å². The van der Waals surface area contributed by atoms with E-state index in [0.29, 0.717) is 43.3 Å². The molecule has 1 unspecified atom stereocenters. The van der Waals surface area contributed by atoms with E-state index in [1.165, 1.54) is 4.57 Å². The molecular weight excluding hydrogens is 396 g/mol. The number of aromatic hydroxyl groups is 1. The van der Waals surface area contributed by atoms with E-state index in [1.54, 1.807) is 18.3 Å². The van der Waals surface area contributed by atoms with Crippen molar-refractivity contribution in [3.05, 3.63) is 34.2 Å². The summed E-state index contributed by atoms with van der Waals surface area (Å²) in [5.41, 5.74) is -0.269. The molecule has 2 aliphatic rings. The Labute approximate surface area is 182 Å². The van der Waals surface area contributed by atoms with Crippen molar-refractivity contribution >= 4 is 16.9 Å². The number of aromatic nitrogens is 2. The van der Waals surface area contributed by atoms with Gasteiger partial charge in [0.25, 0.3) is 11.5 Å². The fourth-order valence-electron chi connectivity index (χ4n) is 4.63. The van der Waals surface area contributed by atoms with Gasteiger partial charge in [-0.25, -0.2) is 4.98 Å². The van der Waals surface area contributed by atoms with Crippen molar-refractivity contribution in [2.45, 2.75) is 51.6 Å². The quantitative estimate of drug-likeness (QED) is 0.709. The molecule has 2 fully saturated rings. The number of hydrogen-bond donors (Lipinski definition) is 2. The van der Waals surface area contributed by atoms with Gasteiger partial charge in [0.05, 0.1) is 18.6 Å². The predicted octanol–water partition coefficient (Wildman–Crippen LogP) is 2.13. The molecular formula is C23H32N4O4. The second kappa shape index (κ2) is 9.78.